The number of tetrazole rings is 1. The van der Waals surface area contributed by atoms with Crippen molar-refractivity contribution < 1.29 is 22.7 Å². The second-order valence-corrected chi connectivity index (χ2v) is 6.21. The van der Waals surface area contributed by atoms with E-state index in [1.807, 2.05) is 6.92 Å². The van der Waals surface area contributed by atoms with Crippen LogP contribution in [0.25, 0.3) is 0 Å². The number of ether oxygens (including phenoxy) is 1. The molecule has 0 fully saturated rings. The highest BCUT2D eigenvalue weighted by molar-refractivity contribution is 5.98. The Kier molecular flexibility index (Phi) is 6.60. The van der Waals surface area contributed by atoms with E-state index in [1.54, 1.807) is 25.3 Å². The molecule has 0 aliphatic rings. The van der Waals surface area contributed by atoms with Gasteiger partial charge in [0, 0.05) is 17.8 Å². The molecule has 0 atom stereocenters. The molecule has 0 spiro atoms. The molecule has 0 saturated carbocycles. The number of aromatic nitrogens is 5. The second-order valence-electron chi connectivity index (χ2n) is 6.21. The molecule has 0 unspecified atom stereocenters. The van der Waals surface area contributed by atoms with E-state index in [1.165, 1.54) is 16.9 Å². The van der Waals surface area contributed by atoms with Gasteiger partial charge in [0.05, 0.1) is 17.8 Å². The van der Waals surface area contributed by atoms with Crippen LogP contribution < -0.4 is 4.74 Å². The molecule has 1 aromatic carbocycles. The van der Waals surface area contributed by atoms with Gasteiger partial charge in [-0.3, -0.25) is 0 Å². The van der Waals surface area contributed by atoms with E-state index in [2.05, 4.69) is 25.6 Å². The molecule has 158 valence electrons. The largest absolute Gasteiger partial charge is 0.469 e. The molecule has 0 amide bonds. The van der Waals surface area contributed by atoms with Gasteiger partial charge in [0.2, 0.25) is 11.7 Å². The number of benzene rings is 1. The molecule has 0 radical (unpaired) electrons. The summed E-state index contributed by atoms with van der Waals surface area (Å²) in [5.41, 5.74) is 1.15. The molecule has 0 N–H and O–H groups in total. The van der Waals surface area contributed by atoms with Gasteiger partial charge in [0.15, 0.2) is 6.61 Å². The minimum Gasteiger partial charge on any atom is -0.469 e. The predicted octanol–water partition coefficient (Wildman–Crippen LogP) is 3.63. The van der Waals surface area contributed by atoms with Gasteiger partial charge in [0.25, 0.3) is 0 Å². The fourth-order valence-corrected chi connectivity index (χ4v) is 2.33. The van der Waals surface area contributed by atoms with E-state index in [4.69, 9.17) is 9.57 Å². The zero-order valence-electron chi connectivity index (χ0n) is 16.3. The third-order valence-electron chi connectivity index (χ3n) is 3.99. The number of aryl methyl sites for hydroxylation is 1. The molecule has 0 aliphatic heterocycles. The highest BCUT2D eigenvalue weighted by Gasteiger charge is 2.29. The topological polar surface area (TPSA) is 87.3 Å². The fourth-order valence-electron chi connectivity index (χ4n) is 2.33. The maximum Gasteiger partial charge on any atom is 0.416 e. The van der Waals surface area contributed by atoms with Crippen LogP contribution in [0.1, 0.15) is 36.4 Å². The molecule has 0 saturated heterocycles. The number of nitrogens with zero attached hydrogens (tertiary/aromatic N) is 6. The lowest BCUT2D eigenvalue weighted by Gasteiger charge is -2.07. The molecule has 11 heteroatoms. The predicted molar refractivity (Wildman–Crippen MR) is 101 cm³/mol. The first kappa shape index (κ1) is 21.2. The zero-order chi connectivity index (χ0) is 21.6. The minimum atomic E-state index is -4.36. The van der Waals surface area contributed by atoms with Gasteiger partial charge < -0.3 is 9.57 Å². The number of halogens is 3. The Labute approximate surface area is 170 Å². The van der Waals surface area contributed by atoms with Crippen LogP contribution in [-0.4, -0.2) is 30.9 Å². The van der Waals surface area contributed by atoms with Gasteiger partial charge in [0.1, 0.15) is 6.61 Å². The van der Waals surface area contributed by atoms with E-state index in [9.17, 15) is 13.2 Å². The molecular formula is C19H19F3N6O2. The van der Waals surface area contributed by atoms with E-state index >= 15 is 0 Å². The van der Waals surface area contributed by atoms with Crippen LogP contribution in [0.5, 0.6) is 5.88 Å². The zero-order valence-corrected chi connectivity index (χ0v) is 16.3. The lowest BCUT2D eigenvalue weighted by molar-refractivity contribution is -0.137. The lowest BCUT2D eigenvalue weighted by Crippen LogP contribution is -2.04. The lowest BCUT2D eigenvalue weighted by atomic mass is 10.1. The van der Waals surface area contributed by atoms with E-state index in [0.29, 0.717) is 35.1 Å². The van der Waals surface area contributed by atoms with Crippen LogP contribution in [0.4, 0.5) is 13.2 Å². The van der Waals surface area contributed by atoms with Crippen molar-refractivity contribution in [3.63, 3.8) is 0 Å². The van der Waals surface area contributed by atoms with Crippen LogP contribution in [0, 0.1) is 0 Å². The summed E-state index contributed by atoms with van der Waals surface area (Å²) in [5, 5.41) is 15.8. The monoisotopic (exact) mass is 420 g/mol. The standard InChI is InChI=1S/C19H19F3N6O2/c1-3-28-25-17(24-27-28)12-29-18-9-6-15(10-23-18)13(2)26-30-11-14-4-7-16(8-5-14)19(20,21)22/h4-10H,3,11-12H2,1-2H3/b26-13+. The summed E-state index contributed by atoms with van der Waals surface area (Å²) in [7, 11) is 0. The summed E-state index contributed by atoms with van der Waals surface area (Å²) >= 11 is 0. The average Bonchev–Trinajstić information content (AvgIpc) is 3.20. The summed E-state index contributed by atoms with van der Waals surface area (Å²) < 4.78 is 43.2. The van der Waals surface area contributed by atoms with Crippen LogP contribution in [-0.2, 0) is 30.8 Å². The first-order valence-electron chi connectivity index (χ1n) is 9.03. The van der Waals surface area contributed by atoms with Crippen LogP contribution in [0.3, 0.4) is 0 Å². The summed E-state index contributed by atoms with van der Waals surface area (Å²) in [5.74, 6) is 0.849. The van der Waals surface area contributed by atoms with Crippen LogP contribution in [0.2, 0.25) is 0 Å². The van der Waals surface area contributed by atoms with Gasteiger partial charge in [-0.15, -0.1) is 10.2 Å². The summed E-state index contributed by atoms with van der Waals surface area (Å²) in [4.78, 5) is 10.9. The minimum absolute atomic E-state index is 0.0511. The molecule has 0 aliphatic carbocycles. The Morgan fingerprint density at radius 3 is 2.47 bits per heavy atom. The maximum atomic E-state index is 12.6. The fraction of sp³-hybridized carbons (Fsp3) is 0.316. The number of hydrogen-bond donors (Lipinski definition) is 0. The van der Waals surface area contributed by atoms with Crippen molar-refractivity contribution in [1.82, 2.24) is 25.2 Å². The SMILES string of the molecule is CCn1nnc(COc2ccc(/C(C)=N/OCc3ccc(C(F)(F)F)cc3)cn2)n1. The Morgan fingerprint density at radius 2 is 1.87 bits per heavy atom. The van der Waals surface area contributed by atoms with Gasteiger partial charge in [-0.05, 0) is 42.8 Å². The quantitative estimate of drug-likeness (QED) is 0.409. The van der Waals surface area contributed by atoms with Crippen molar-refractivity contribution in [2.45, 2.75) is 39.8 Å². The number of hydrogen-bond acceptors (Lipinski definition) is 7. The molecule has 8 nitrogen and oxygen atoms in total. The molecule has 2 aromatic heterocycles. The molecule has 2 heterocycles. The first-order valence-corrected chi connectivity index (χ1v) is 9.03. The number of oxime groups is 1. The van der Waals surface area contributed by atoms with Crippen molar-refractivity contribution in [3.8, 4) is 5.88 Å². The third kappa shape index (κ3) is 5.75. The number of pyridine rings is 1. The molecule has 3 aromatic rings. The van der Waals surface area contributed by atoms with E-state index < -0.39 is 11.7 Å². The maximum absolute atomic E-state index is 12.6. The van der Waals surface area contributed by atoms with Crippen LogP contribution in [0.15, 0.2) is 47.8 Å². The Bertz CT molecular complexity index is 985. The van der Waals surface area contributed by atoms with E-state index in [0.717, 1.165) is 12.1 Å². The average molecular weight is 420 g/mol. The summed E-state index contributed by atoms with van der Waals surface area (Å²) in [6, 6.07) is 8.17. The number of rotatable bonds is 8. The van der Waals surface area contributed by atoms with Crippen molar-refractivity contribution in [2.75, 3.05) is 0 Å². The Hall–Kier alpha value is -3.50. The van der Waals surface area contributed by atoms with Crippen molar-refractivity contribution in [3.05, 3.63) is 65.1 Å². The third-order valence-corrected chi connectivity index (χ3v) is 3.99. The highest BCUT2D eigenvalue weighted by Crippen LogP contribution is 2.29. The Morgan fingerprint density at radius 1 is 1.10 bits per heavy atom. The Balaban J connectivity index is 1.50. The van der Waals surface area contributed by atoms with Gasteiger partial charge >= 0.3 is 6.18 Å². The molecular weight excluding hydrogens is 401 g/mol. The second kappa shape index (κ2) is 9.33. The summed E-state index contributed by atoms with van der Waals surface area (Å²) in [6.07, 6.45) is -2.78. The van der Waals surface area contributed by atoms with Crippen molar-refractivity contribution in [1.29, 1.82) is 0 Å². The summed E-state index contributed by atoms with van der Waals surface area (Å²) in [6.45, 7) is 4.46. The van der Waals surface area contributed by atoms with Gasteiger partial charge in [-0.2, -0.15) is 18.0 Å². The molecule has 30 heavy (non-hydrogen) atoms. The molecule has 0 bridgehead atoms. The first-order chi connectivity index (χ1) is 14.3. The smallest absolute Gasteiger partial charge is 0.416 e. The van der Waals surface area contributed by atoms with Crippen LogP contribution >= 0.6 is 0 Å². The van der Waals surface area contributed by atoms with E-state index in [-0.39, 0.29) is 13.2 Å². The van der Waals surface area contributed by atoms with Gasteiger partial charge in [-0.1, -0.05) is 17.3 Å². The number of alkyl halides is 3. The highest BCUT2D eigenvalue weighted by atomic mass is 19.4. The van der Waals surface area contributed by atoms with Gasteiger partial charge in [-0.25, -0.2) is 4.98 Å². The molecule has 3 rings (SSSR count). The normalized spacial score (nSPS) is 12.1. The van der Waals surface area contributed by atoms with Crippen molar-refractivity contribution in [2.24, 2.45) is 5.16 Å². The van der Waals surface area contributed by atoms with Crippen molar-refractivity contribution >= 4 is 5.71 Å².